The zero-order chi connectivity index (χ0) is 14.9. The molecule has 0 bridgehead atoms. The van der Waals surface area contributed by atoms with Gasteiger partial charge in [0.2, 0.25) is 0 Å². The maximum absolute atomic E-state index is 6.12. The summed E-state index contributed by atoms with van der Waals surface area (Å²) in [6, 6.07) is 26.3. The van der Waals surface area contributed by atoms with Crippen LogP contribution in [0.5, 0.6) is 11.5 Å². The van der Waals surface area contributed by atoms with Gasteiger partial charge in [-0.3, -0.25) is 0 Å². The lowest BCUT2D eigenvalue weighted by molar-refractivity contribution is 0.486. The highest BCUT2D eigenvalue weighted by Gasteiger charge is 2.05. The van der Waals surface area contributed by atoms with Gasteiger partial charge in [0, 0.05) is 0 Å². The SMILES string of the molecule is Nc1cc2ccccc2cc1Oc1ccc2ccccc2c1. The molecule has 0 aliphatic rings. The lowest BCUT2D eigenvalue weighted by atomic mass is 10.1. The summed E-state index contributed by atoms with van der Waals surface area (Å²) in [4.78, 5) is 0. The van der Waals surface area contributed by atoms with Crippen molar-refractivity contribution in [3.8, 4) is 11.5 Å². The second-order valence-electron chi connectivity index (χ2n) is 5.35. The Labute approximate surface area is 128 Å². The van der Waals surface area contributed by atoms with E-state index in [-0.39, 0.29) is 0 Å². The maximum atomic E-state index is 6.12. The van der Waals surface area contributed by atoms with Crippen molar-refractivity contribution in [2.45, 2.75) is 0 Å². The van der Waals surface area contributed by atoms with Gasteiger partial charge < -0.3 is 10.5 Å². The van der Waals surface area contributed by atoms with Crippen molar-refractivity contribution >= 4 is 27.2 Å². The Balaban J connectivity index is 1.76. The second kappa shape index (κ2) is 5.08. The van der Waals surface area contributed by atoms with E-state index in [1.165, 1.54) is 5.39 Å². The fourth-order valence-corrected chi connectivity index (χ4v) is 2.68. The molecule has 0 saturated carbocycles. The van der Waals surface area contributed by atoms with E-state index < -0.39 is 0 Å². The van der Waals surface area contributed by atoms with E-state index >= 15 is 0 Å². The number of hydrogen-bond acceptors (Lipinski definition) is 2. The van der Waals surface area contributed by atoms with Gasteiger partial charge in [0.25, 0.3) is 0 Å². The zero-order valence-electron chi connectivity index (χ0n) is 12.0. The molecule has 0 spiro atoms. The Morgan fingerprint density at radius 2 is 1.18 bits per heavy atom. The summed E-state index contributed by atoms with van der Waals surface area (Å²) >= 11 is 0. The Hall–Kier alpha value is -3.00. The van der Waals surface area contributed by atoms with Gasteiger partial charge in [0.1, 0.15) is 5.75 Å². The van der Waals surface area contributed by atoms with Crippen LogP contribution in [0, 0.1) is 0 Å². The average molecular weight is 285 g/mol. The normalized spacial score (nSPS) is 10.9. The number of fused-ring (bicyclic) bond motifs is 2. The Morgan fingerprint density at radius 1 is 0.591 bits per heavy atom. The molecule has 0 saturated heterocycles. The van der Waals surface area contributed by atoms with Crippen molar-refractivity contribution in [3.05, 3.63) is 78.9 Å². The van der Waals surface area contributed by atoms with Gasteiger partial charge in [-0.2, -0.15) is 0 Å². The summed E-state index contributed by atoms with van der Waals surface area (Å²) in [5.41, 5.74) is 6.77. The highest BCUT2D eigenvalue weighted by atomic mass is 16.5. The Morgan fingerprint density at radius 3 is 1.91 bits per heavy atom. The summed E-state index contributed by atoms with van der Waals surface area (Å²) < 4.78 is 6.00. The molecule has 0 aliphatic carbocycles. The molecule has 0 atom stereocenters. The van der Waals surface area contributed by atoms with E-state index in [4.69, 9.17) is 10.5 Å². The molecule has 0 heterocycles. The van der Waals surface area contributed by atoms with Crippen LogP contribution < -0.4 is 10.5 Å². The first kappa shape index (κ1) is 12.7. The molecular weight excluding hydrogens is 270 g/mol. The van der Waals surface area contributed by atoms with Gasteiger partial charge in [-0.05, 0) is 45.8 Å². The number of anilines is 1. The van der Waals surface area contributed by atoms with E-state index in [1.54, 1.807) is 0 Å². The molecular formula is C20H15NO. The van der Waals surface area contributed by atoms with E-state index in [1.807, 2.05) is 54.6 Å². The molecule has 0 unspecified atom stereocenters. The number of hydrogen-bond donors (Lipinski definition) is 1. The van der Waals surface area contributed by atoms with Crippen molar-refractivity contribution in [1.82, 2.24) is 0 Å². The maximum Gasteiger partial charge on any atom is 0.150 e. The fraction of sp³-hybridized carbons (Fsp3) is 0. The predicted molar refractivity (Wildman–Crippen MR) is 92.4 cm³/mol. The van der Waals surface area contributed by atoms with Gasteiger partial charge in [0.15, 0.2) is 5.75 Å². The van der Waals surface area contributed by atoms with Crippen LogP contribution in [-0.4, -0.2) is 0 Å². The predicted octanol–water partition coefficient (Wildman–Crippen LogP) is 5.37. The molecule has 4 rings (SSSR count). The molecule has 4 aromatic carbocycles. The van der Waals surface area contributed by atoms with Crippen LogP contribution in [0.25, 0.3) is 21.5 Å². The molecule has 2 heteroatoms. The second-order valence-corrected chi connectivity index (χ2v) is 5.35. The minimum absolute atomic E-state index is 0.645. The van der Waals surface area contributed by atoms with Crippen LogP contribution in [0.2, 0.25) is 0 Å². The van der Waals surface area contributed by atoms with Crippen LogP contribution in [0.1, 0.15) is 0 Å². The average Bonchev–Trinajstić information content (AvgIpc) is 2.55. The molecule has 0 radical (unpaired) electrons. The summed E-state index contributed by atoms with van der Waals surface area (Å²) in [6.07, 6.45) is 0. The highest BCUT2D eigenvalue weighted by Crippen LogP contribution is 2.33. The third-order valence-electron chi connectivity index (χ3n) is 3.83. The van der Waals surface area contributed by atoms with Crippen molar-refractivity contribution < 1.29 is 4.74 Å². The summed E-state index contributed by atoms with van der Waals surface area (Å²) in [6.45, 7) is 0. The number of ether oxygens (including phenoxy) is 1. The topological polar surface area (TPSA) is 35.2 Å². The van der Waals surface area contributed by atoms with Gasteiger partial charge in [-0.25, -0.2) is 0 Å². The first-order valence-corrected chi connectivity index (χ1v) is 7.24. The molecule has 0 aliphatic heterocycles. The summed E-state index contributed by atoms with van der Waals surface area (Å²) in [7, 11) is 0. The van der Waals surface area contributed by atoms with Crippen molar-refractivity contribution in [2.24, 2.45) is 0 Å². The van der Waals surface area contributed by atoms with E-state index in [9.17, 15) is 0 Å². The lowest BCUT2D eigenvalue weighted by Gasteiger charge is -2.11. The van der Waals surface area contributed by atoms with Crippen molar-refractivity contribution in [3.63, 3.8) is 0 Å². The quantitative estimate of drug-likeness (QED) is 0.503. The molecule has 106 valence electrons. The van der Waals surface area contributed by atoms with Crippen LogP contribution >= 0.6 is 0 Å². The Kier molecular flexibility index (Phi) is 2.94. The molecule has 0 fully saturated rings. The molecule has 0 amide bonds. The number of rotatable bonds is 2. The monoisotopic (exact) mass is 285 g/mol. The molecule has 0 aromatic heterocycles. The van der Waals surface area contributed by atoms with Crippen LogP contribution in [0.3, 0.4) is 0 Å². The van der Waals surface area contributed by atoms with Gasteiger partial charge in [-0.15, -0.1) is 0 Å². The van der Waals surface area contributed by atoms with Gasteiger partial charge in [0.05, 0.1) is 5.69 Å². The van der Waals surface area contributed by atoms with Crippen molar-refractivity contribution in [1.29, 1.82) is 0 Å². The largest absolute Gasteiger partial charge is 0.455 e. The summed E-state index contributed by atoms with van der Waals surface area (Å²) in [5.74, 6) is 1.48. The molecule has 22 heavy (non-hydrogen) atoms. The first-order valence-electron chi connectivity index (χ1n) is 7.24. The van der Waals surface area contributed by atoms with E-state index in [2.05, 4.69) is 24.3 Å². The van der Waals surface area contributed by atoms with Crippen LogP contribution in [-0.2, 0) is 0 Å². The molecule has 2 nitrogen and oxygen atoms in total. The standard InChI is InChI=1S/C20H15NO/c21-19-12-16-7-3-4-8-17(16)13-20(19)22-18-10-9-14-5-1-2-6-15(14)11-18/h1-13H,21H2. The number of benzene rings is 4. The van der Waals surface area contributed by atoms with E-state index in [0.717, 1.165) is 21.9 Å². The van der Waals surface area contributed by atoms with Crippen molar-refractivity contribution in [2.75, 3.05) is 5.73 Å². The van der Waals surface area contributed by atoms with E-state index in [0.29, 0.717) is 11.4 Å². The minimum atomic E-state index is 0.645. The minimum Gasteiger partial charge on any atom is -0.455 e. The van der Waals surface area contributed by atoms with Gasteiger partial charge >= 0.3 is 0 Å². The number of nitrogen functional groups attached to an aromatic ring is 1. The lowest BCUT2D eigenvalue weighted by Crippen LogP contribution is -1.92. The van der Waals surface area contributed by atoms with Crippen LogP contribution in [0.15, 0.2) is 78.9 Å². The first-order chi connectivity index (χ1) is 10.8. The third-order valence-corrected chi connectivity index (χ3v) is 3.83. The highest BCUT2D eigenvalue weighted by molar-refractivity contribution is 5.88. The zero-order valence-corrected chi connectivity index (χ0v) is 12.0. The molecule has 2 N–H and O–H groups in total. The summed E-state index contributed by atoms with van der Waals surface area (Å²) in [5, 5.41) is 4.58. The fourth-order valence-electron chi connectivity index (χ4n) is 2.68. The molecule has 4 aromatic rings. The van der Waals surface area contributed by atoms with Crippen LogP contribution in [0.4, 0.5) is 5.69 Å². The van der Waals surface area contributed by atoms with Gasteiger partial charge in [-0.1, -0.05) is 54.6 Å². The number of nitrogens with two attached hydrogens (primary N) is 1. The Bertz CT molecular complexity index is 975. The smallest absolute Gasteiger partial charge is 0.150 e. The third kappa shape index (κ3) is 2.25.